The second kappa shape index (κ2) is 5.89. The second-order valence-electron chi connectivity index (χ2n) is 5.27. The molecule has 0 bridgehead atoms. The number of hydrogen-bond donors (Lipinski definition) is 2. The van der Waals surface area contributed by atoms with Gasteiger partial charge < -0.3 is 10.1 Å². The Hall–Kier alpha value is -2.82. The summed E-state index contributed by atoms with van der Waals surface area (Å²) in [6.45, 7) is 2.02. The topological polar surface area (TPSA) is 67.4 Å². The Morgan fingerprint density at radius 1 is 1.05 bits per heavy atom. The first kappa shape index (κ1) is 14.1. The van der Waals surface area contributed by atoms with Gasteiger partial charge in [0.25, 0.3) is 0 Å². The van der Waals surface area contributed by atoms with Crippen LogP contribution in [0.2, 0.25) is 0 Å². The molecule has 112 valence electrons. The molecule has 1 heterocycles. The molecule has 22 heavy (non-hydrogen) atoms. The summed E-state index contributed by atoms with van der Waals surface area (Å²) < 4.78 is 5.81. The molecule has 1 aliphatic rings. The average Bonchev–Trinajstić information content (AvgIpc) is 2.49. The number of urea groups is 1. The highest BCUT2D eigenvalue weighted by Gasteiger charge is 2.25. The van der Waals surface area contributed by atoms with Crippen LogP contribution in [0.15, 0.2) is 48.5 Å². The molecule has 5 heteroatoms. The summed E-state index contributed by atoms with van der Waals surface area (Å²) in [5.41, 5.74) is 2.00. The van der Waals surface area contributed by atoms with Gasteiger partial charge in [-0.05, 0) is 36.8 Å². The quantitative estimate of drug-likeness (QED) is 0.914. The fourth-order valence-electron chi connectivity index (χ4n) is 2.35. The largest absolute Gasteiger partial charge is 0.457 e. The van der Waals surface area contributed by atoms with Gasteiger partial charge in [0.2, 0.25) is 5.91 Å². The van der Waals surface area contributed by atoms with Crippen LogP contribution in [0.1, 0.15) is 23.6 Å². The first-order valence-corrected chi connectivity index (χ1v) is 7.05. The predicted octanol–water partition coefficient (Wildman–Crippen LogP) is 3.06. The van der Waals surface area contributed by atoms with E-state index in [9.17, 15) is 9.59 Å². The normalized spacial score (nSPS) is 17.6. The predicted molar refractivity (Wildman–Crippen MR) is 81.7 cm³/mol. The van der Waals surface area contributed by atoms with E-state index in [4.69, 9.17) is 4.74 Å². The summed E-state index contributed by atoms with van der Waals surface area (Å²) in [7, 11) is 0. The van der Waals surface area contributed by atoms with E-state index in [0.29, 0.717) is 5.75 Å². The Kier molecular flexibility index (Phi) is 3.78. The van der Waals surface area contributed by atoms with E-state index in [-0.39, 0.29) is 18.4 Å². The second-order valence-corrected chi connectivity index (χ2v) is 5.27. The smallest absolute Gasteiger partial charge is 0.321 e. The molecule has 3 rings (SSSR count). The summed E-state index contributed by atoms with van der Waals surface area (Å²) >= 11 is 0. The molecule has 2 N–H and O–H groups in total. The molecule has 0 radical (unpaired) electrons. The Morgan fingerprint density at radius 2 is 1.82 bits per heavy atom. The van der Waals surface area contributed by atoms with Gasteiger partial charge in [0.05, 0.1) is 12.5 Å². The van der Waals surface area contributed by atoms with Crippen LogP contribution in [0.25, 0.3) is 0 Å². The van der Waals surface area contributed by atoms with Crippen molar-refractivity contribution in [1.82, 2.24) is 10.6 Å². The van der Waals surface area contributed by atoms with Crippen molar-refractivity contribution in [2.45, 2.75) is 19.4 Å². The van der Waals surface area contributed by atoms with E-state index in [1.807, 2.05) is 55.5 Å². The van der Waals surface area contributed by atoms with Gasteiger partial charge in [-0.25, -0.2) is 4.79 Å². The van der Waals surface area contributed by atoms with E-state index in [2.05, 4.69) is 10.6 Å². The molecule has 2 aromatic rings. The van der Waals surface area contributed by atoms with E-state index < -0.39 is 6.03 Å². The van der Waals surface area contributed by atoms with Crippen molar-refractivity contribution in [3.05, 3.63) is 59.7 Å². The van der Waals surface area contributed by atoms with E-state index in [1.165, 1.54) is 0 Å². The van der Waals surface area contributed by atoms with Crippen molar-refractivity contribution in [3.63, 3.8) is 0 Å². The van der Waals surface area contributed by atoms with Crippen LogP contribution >= 0.6 is 0 Å². The minimum absolute atomic E-state index is 0.222. The maximum absolute atomic E-state index is 11.5. The maximum Gasteiger partial charge on any atom is 0.321 e. The van der Waals surface area contributed by atoms with Gasteiger partial charge in [-0.3, -0.25) is 10.1 Å². The number of carbonyl (C=O) groups excluding carboxylic acids is 2. The molecule has 0 saturated carbocycles. The fraction of sp³-hybridized carbons (Fsp3) is 0.176. The van der Waals surface area contributed by atoms with Crippen molar-refractivity contribution >= 4 is 11.9 Å². The van der Waals surface area contributed by atoms with Crippen LogP contribution < -0.4 is 15.4 Å². The molecular weight excluding hydrogens is 280 g/mol. The van der Waals surface area contributed by atoms with Crippen LogP contribution in [0.3, 0.4) is 0 Å². The molecule has 3 amide bonds. The van der Waals surface area contributed by atoms with Gasteiger partial charge in [0.1, 0.15) is 11.5 Å². The maximum atomic E-state index is 11.5. The minimum atomic E-state index is -0.467. The number of ether oxygens (including phenoxy) is 1. The van der Waals surface area contributed by atoms with Crippen LogP contribution in [0.4, 0.5) is 4.79 Å². The lowest BCUT2D eigenvalue weighted by Crippen LogP contribution is -2.48. The van der Waals surface area contributed by atoms with Gasteiger partial charge in [-0.1, -0.05) is 29.8 Å². The Labute approximate surface area is 128 Å². The number of rotatable bonds is 3. The lowest BCUT2D eigenvalue weighted by molar-refractivity contribution is -0.121. The van der Waals surface area contributed by atoms with Crippen LogP contribution in [-0.2, 0) is 4.79 Å². The molecule has 2 aromatic carbocycles. The third-order valence-corrected chi connectivity index (χ3v) is 3.46. The zero-order valence-electron chi connectivity index (χ0n) is 12.1. The monoisotopic (exact) mass is 296 g/mol. The van der Waals surface area contributed by atoms with Crippen molar-refractivity contribution in [1.29, 1.82) is 0 Å². The summed E-state index contributed by atoms with van der Waals surface area (Å²) in [6.07, 6.45) is 0.222. The summed E-state index contributed by atoms with van der Waals surface area (Å²) in [5, 5.41) is 4.95. The molecule has 0 spiro atoms. The van der Waals surface area contributed by atoms with Gasteiger partial charge in [-0.2, -0.15) is 0 Å². The van der Waals surface area contributed by atoms with E-state index in [0.717, 1.165) is 16.9 Å². The molecule has 1 fully saturated rings. The minimum Gasteiger partial charge on any atom is -0.457 e. The number of nitrogens with one attached hydrogen (secondary N) is 2. The first-order chi connectivity index (χ1) is 10.6. The van der Waals surface area contributed by atoms with Gasteiger partial charge >= 0.3 is 6.03 Å². The number of amides is 3. The molecule has 1 atom stereocenters. The van der Waals surface area contributed by atoms with Crippen molar-refractivity contribution in [2.24, 2.45) is 0 Å². The molecular formula is C17H16N2O3. The number of imide groups is 1. The summed E-state index contributed by atoms with van der Waals surface area (Å²) in [6, 6.07) is 14.3. The molecule has 0 unspecified atom stereocenters. The van der Waals surface area contributed by atoms with Gasteiger partial charge in [0, 0.05) is 0 Å². The SMILES string of the molecule is Cc1ccc(Oc2cccc([C@H]3CC(=O)NC(=O)N3)c2)cc1. The van der Waals surface area contributed by atoms with E-state index >= 15 is 0 Å². The number of carbonyl (C=O) groups is 2. The molecule has 0 aliphatic carbocycles. The zero-order valence-corrected chi connectivity index (χ0v) is 12.1. The Balaban J connectivity index is 1.78. The number of aryl methyl sites for hydroxylation is 1. The molecule has 5 nitrogen and oxygen atoms in total. The average molecular weight is 296 g/mol. The lowest BCUT2D eigenvalue weighted by Gasteiger charge is -2.23. The Morgan fingerprint density at radius 3 is 2.55 bits per heavy atom. The molecule has 0 aromatic heterocycles. The van der Waals surface area contributed by atoms with Crippen LogP contribution in [-0.4, -0.2) is 11.9 Å². The zero-order chi connectivity index (χ0) is 15.5. The standard InChI is InChI=1S/C17H16N2O3/c1-11-5-7-13(8-6-11)22-14-4-2-3-12(9-14)15-10-16(20)19-17(21)18-15/h2-9,15H,10H2,1H3,(H2,18,19,20,21)/t15-/m1/s1. The van der Waals surface area contributed by atoms with Crippen molar-refractivity contribution < 1.29 is 14.3 Å². The number of benzene rings is 2. The summed E-state index contributed by atoms with van der Waals surface area (Å²) in [5.74, 6) is 1.13. The number of hydrogen-bond acceptors (Lipinski definition) is 3. The van der Waals surface area contributed by atoms with Crippen LogP contribution in [0, 0.1) is 6.92 Å². The van der Waals surface area contributed by atoms with Crippen molar-refractivity contribution in [3.8, 4) is 11.5 Å². The third kappa shape index (κ3) is 3.25. The molecule has 1 aliphatic heterocycles. The Bertz CT molecular complexity index is 694. The van der Waals surface area contributed by atoms with Gasteiger partial charge in [0.15, 0.2) is 0 Å². The fourth-order valence-corrected chi connectivity index (χ4v) is 2.35. The van der Waals surface area contributed by atoms with Crippen LogP contribution in [0.5, 0.6) is 11.5 Å². The van der Waals surface area contributed by atoms with Crippen molar-refractivity contribution in [2.75, 3.05) is 0 Å². The van der Waals surface area contributed by atoms with E-state index in [1.54, 1.807) is 0 Å². The third-order valence-electron chi connectivity index (χ3n) is 3.46. The summed E-state index contributed by atoms with van der Waals surface area (Å²) in [4.78, 5) is 22.9. The highest BCUT2D eigenvalue weighted by molar-refractivity contribution is 5.97. The van der Waals surface area contributed by atoms with Gasteiger partial charge in [-0.15, -0.1) is 0 Å². The lowest BCUT2D eigenvalue weighted by atomic mass is 10.0. The highest BCUT2D eigenvalue weighted by Crippen LogP contribution is 2.26. The molecule has 1 saturated heterocycles. The first-order valence-electron chi connectivity index (χ1n) is 7.05. The highest BCUT2D eigenvalue weighted by atomic mass is 16.5.